The number of pyridine rings is 1. The predicted molar refractivity (Wildman–Crippen MR) is 318 cm³/mol. The van der Waals surface area contributed by atoms with E-state index in [1.807, 2.05) is 80.6 Å². The third-order valence-electron chi connectivity index (χ3n) is 16.7. The molecule has 2 aliphatic heterocycles. The summed E-state index contributed by atoms with van der Waals surface area (Å²) in [5, 5.41) is 2.50. The summed E-state index contributed by atoms with van der Waals surface area (Å²) in [6.07, 6.45) is 5.02. The molecule has 0 unspecified atom stereocenters. The van der Waals surface area contributed by atoms with Crippen molar-refractivity contribution in [3.05, 3.63) is 157 Å². The Kier molecular flexibility index (Phi) is 12.8. The van der Waals surface area contributed by atoms with E-state index in [1.54, 1.807) is 12.1 Å². The molecule has 0 amide bonds. The van der Waals surface area contributed by atoms with Crippen LogP contribution in [0.5, 0.6) is 0 Å². The van der Waals surface area contributed by atoms with Crippen molar-refractivity contribution in [2.45, 2.75) is 92.9 Å². The third kappa shape index (κ3) is 8.79. The zero-order valence-corrected chi connectivity index (χ0v) is 46.9. The first kappa shape index (κ1) is 51.9. The summed E-state index contributed by atoms with van der Waals surface area (Å²) >= 11 is 0. The number of hydrogen-bond donors (Lipinski definition) is 0. The minimum atomic E-state index is -0.525. The van der Waals surface area contributed by atoms with Gasteiger partial charge in [-0.05, 0) is 136 Å². The van der Waals surface area contributed by atoms with E-state index < -0.39 is 16.9 Å². The lowest BCUT2D eigenvalue weighted by Gasteiger charge is -2.48. The van der Waals surface area contributed by atoms with Crippen LogP contribution in [0.25, 0.3) is 101 Å². The molecule has 10 aromatic rings. The fraction of sp³-hybridized carbons (Fsp3) is 0.308. The molecule has 0 saturated heterocycles. The summed E-state index contributed by atoms with van der Waals surface area (Å²) in [5.74, 6) is 0.684. The number of nitrogens with zero attached hydrogens (tertiary/aromatic N) is 9. The minimum absolute atomic E-state index is 0.0733. The first-order valence-electron chi connectivity index (χ1n) is 27.7. The summed E-state index contributed by atoms with van der Waals surface area (Å²) < 4.78 is 18.3. The molecule has 0 radical (unpaired) electrons. The Labute approximate surface area is 463 Å². The van der Waals surface area contributed by atoms with Gasteiger partial charge in [0.2, 0.25) is 0 Å². The van der Waals surface area contributed by atoms with Crippen molar-refractivity contribution in [2.24, 2.45) is 0 Å². The van der Waals surface area contributed by atoms with Crippen LogP contribution >= 0.6 is 0 Å². The van der Waals surface area contributed by atoms with Crippen LogP contribution in [0.2, 0.25) is 0 Å². The second-order valence-corrected chi connectivity index (χ2v) is 22.3. The van der Waals surface area contributed by atoms with Crippen LogP contribution in [0.4, 0.5) is 17.1 Å². The van der Waals surface area contributed by atoms with Gasteiger partial charge in [0, 0.05) is 95.7 Å². The quantitative estimate of drug-likeness (QED) is 0.105. The second-order valence-electron chi connectivity index (χ2n) is 22.3. The molecule has 12 rings (SSSR count). The molecule has 0 N–H and O–H groups in total. The lowest BCUT2D eigenvalue weighted by Crippen LogP contribution is -2.44. The normalized spacial score (nSPS) is 14.4. The van der Waals surface area contributed by atoms with Crippen molar-refractivity contribution >= 4 is 50.0 Å². The van der Waals surface area contributed by atoms with Gasteiger partial charge in [-0.2, -0.15) is 0 Å². The van der Waals surface area contributed by atoms with Crippen molar-refractivity contribution in [1.29, 1.82) is 0 Å². The summed E-state index contributed by atoms with van der Waals surface area (Å²) in [4.78, 5) is 78.2. The van der Waals surface area contributed by atoms with Gasteiger partial charge in [-0.3, -0.25) is 4.98 Å². The van der Waals surface area contributed by atoms with Gasteiger partial charge in [0.25, 0.3) is 0 Å². The van der Waals surface area contributed by atoms with E-state index in [9.17, 15) is 14.4 Å². The number of rotatable bonds is 12. The van der Waals surface area contributed by atoms with Crippen LogP contribution < -0.4 is 31.6 Å². The van der Waals surface area contributed by atoms with Crippen LogP contribution in [0, 0.1) is 13.8 Å². The number of benzene rings is 4. The fourth-order valence-electron chi connectivity index (χ4n) is 12.0. The van der Waals surface area contributed by atoms with Crippen LogP contribution in [0.1, 0.15) is 90.5 Å². The molecule has 0 atom stereocenters. The Hall–Kier alpha value is -8.85. The zero-order valence-electron chi connectivity index (χ0n) is 46.9. The minimum Gasteiger partial charge on any atom is -0.422 e. The SMILES string of the molecule is CCN(CC)c1ccc2c(C)c(-c3ccc(-c4nc(-c5cnc(-c6c(C)c7ccc(N(CC)CC)cc7oc6=O)cn5)nc(-c5cccc(-c6cc7cc8c9c(c7oc6=O)C(C)(C)CCN9CCC8(C)C)n5)n4)cc3)c(=O)oc2c1. The Morgan fingerprint density at radius 1 is 0.537 bits per heavy atom. The van der Waals surface area contributed by atoms with Crippen molar-refractivity contribution in [3.63, 3.8) is 0 Å². The molecule has 0 fully saturated rings. The maximum atomic E-state index is 14.3. The largest absolute Gasteiger partial charge is 0.422 e. The molecule has 8 heterocycles. The van der Waals surface area contributed by atoms with E-state index in [0.717, 1.165) is 96.3 Å². The standard InChI is InChI=1S/C65H63N9O6/c1-11-72(12-2)41-22-24-43-36(5)53(62(76)78-51(43)32-41)38-18-20-39(21-19-38)58-69-59(71-60(70-58)50-35-66-49(34-67-50)54-37(6)44-25-23-42(73(13-3)14-4)33-52(44)79-63(54)77)48-17-15-16-47(68-48)45-30-40-31-46-56-55(57(40)80-61(45)75)65(9,10)27-29-74(56)28-26-64(46,7)8/h15-25,30-35H,11-14,26-29H2,1-10H3. The number of aromatic nitrogens is 6. The topological polar surface area (TPSA) is 178 Å². The molecule has 0 saturated carbocycles. The summed E-state index contributed by atoms with van der Waals surface area (Å²) in [6.45, 7) is 26.5. The van der Waals surface area contributed by atoms with Crippen molar-refractivity contribution in [2.75, 3.05) is 54.0 Å². The van der Waals surface area contributed by atoms with E-state index in [2.05, 4.69) is 82.2 Å². The van der Waals surface area contributed by atoms with Gasteiger partial charge in [-0.25, -0.2) is 39.3 Å². The lowest BCUT2D eigenvalue weighted by molar-refractivity contribution is 0.398. The first-order valence-corrected chi connectivity index (χ1v) is 27.7. The molecule has 80 heavy (non-hydrogen) atoms. The molecular formula is C65H63N9O6. The second kappa shape index (κ2) is 19.8. The zero-order chi connectivity index (χ0) is 55.9. The van der Waals surface area contributed by atoms with Gasteiger partial charge in [0.05, 0.1) is 40.5 Å². The number of aryl methyl sites for hydroxylation is 2. The maximum Gasteiger partial charge on any atom is 0.346 e. The monoisotopic (exact) mass is 1070 g/mol. The highest BCUT2D eigenvalue weighted by atomic mass is 16.4. The Morgan fingerprint density at radius 3 is 1.69 bits per heavy atom. The summed E-state index contributed by atoms with van der Waals surface area (Å²) in [5.41, 5.74) is 10.7. The highest BCUT2D eigenvalue weighted by Crippen LogP contribution is 2.52. The van der Waals surface area contributed by atoms with E-state index >= 15 is 0 Å². The average Bonchev–Trinajstić information content (AvgIpc) is 3.63. The lowest BCUT2D eigenvalue weighted by atomic mass is 9.69. The van der Waals surface area contributed by atoms with E-state index in [4.69, 9.17) is 43.2 Å². The number of fused-ring (bicyclic) bond motifs is 4. The predicted octanol–water partition coefficient (Wildman–Crippen LogP) is 12.9. The summed E-state index contributed by atoms with van der Waals surface area (Å²) in [6, 6.07) is 28.8. The molecule has 15 nitrogen and oxygen atoms in total. The highest BCUT2D eigenvalue weighted by molar-refractivity contribution is 5.93. The van der Waals surface area contributed by atoms with Gasteiger partial charge in [-0.1, -0.05) is 58.0 Å². The number of hydrogen-bond acceptors (Lipinski definition) is 15. The van der Waals surface area contributed by atoms with Crippen molar-refractivity contribution in [3.8, 4) is 68.1 Å². The molecule has 15 heteroatoms. The maximum absolute atomic E-state index is 14.3. The van der Waals surface area contributed by atoms with Crippen LogP contribution in [-0.2, 0) is 10.8 Å². The van der Waals surface area contributed by atoms with Gasteiger partial charge in [-0.15, -0.1) is 0 Å². The summed E-state index contributed by atoms with van der Waals surface area (Å²) in [7, 11) is 0. The Balaban J connectivity index is 0.956. The number of anilines is 3. The van der Waals surface area contributed by atoms with Crippen LogP contribution in [0.3, 0.4) is 0 Å². The Bertz CT molecular complexity index is 4130. The smallest absolute Gasteiger partial charge is 0.346 e. The van der Waals surface area contributed by atoms with Gasteiger partial charge < -0.3 is 28.0 Å². The Morgan fingerprint density at radius 2 is 1.07 bits per heavy atom. The first-order chi connectivity index (χ1) is 38.5. The fourth-order valence-corrected chi connectivity index (χ4v) is 12.0. The average molecular weight is 1070 g/mol. The molecule has 0 bridgehead atoms. The molecule has 0 spiro atoms. The highest BCUT2D eigenvalue weighted by Gasteiger charge is 2.42. The molecular weight excluding hydrogens is 1000 g/mol. The van der Waals surface area contributed by atoms with Crippen molar-refractivity contribution < 1.29 is 13.3 Å². The van der Waals surface area contributed by atoms with Gasteiger partial charge in [0.15, 0.2) is 17.5 Å². The third-order valence-corrected chi connectivity index (χ3v) is 16.7. The van der Waals surface area contributed by atoms with E-state index in [-0.39, 0.29) is 22.5 Å². The molecule has 6 aromatic heterocycles. The van der Waals surface area contributed by atoms with Crippen LogP contribution in [-0.4, -0.2) is 69.2 Å². The molecule has 4 aromatic carbocycles. The van der Waals surface area contributed by atoms with Gasteiger partial charge >= 0.3 is 16.9 Å². The van der Waals surface area contributed by atoms with Crippen LogP contribution in [0.15, 0.2) is 131 Å². The molecule has 404 valence electrons. The van der Waals surface area contributed by atoms with E-state index in [1.165, 1.54) is 23.6 Å². The molecule has 0 aliphatic carbocycles. The van der Waals surface area contributed by atoms with E-state index in [0.29, 0.717) is 73.2 Å². The van der Waals surface area contributed by atoms with Gasteiger partial charge in [0.1, 0.15) is 28.1 Å². The van der Waals surface area contributed by atoms with Crippen molar-refractivity contribution in [1.82, 2.24) is 29.9 Å². The molecule has 2 aliphatic rings.